The maximum Gasteiger partial charge on any atom is 0.0677 e. The highest BCUT2D eigenvalue weighted by Crippen LogP contribution is 2.32. The number of benzene rings is 1. The zero-order valence-corrected chi connectivity index (χ0v) is 14.2. The molecule has 1 aromatic rings. The van der Waals surface area contributed by atoms with Gasteiger partial charge in [0.15, 0.2) is 0 Å². The summed E-state index contributed by atoms with van der Waals surface area (Å²) in [7, 11) is 1.73. The Bertz CT molecular complexity index is 437. The summed E-state index contributed by atoms with van der Waals surface area (Å²) >= 11 is 1.90. The first-order valence-corrected chi connectivity index (χ1v) is 8.67. The van der Waals surface area contributed by atoms with E-state index in [-0.39, 0.29) is 5.60 Å². The Kier molecular flexibility index (Phi) is 6.55. The summed E-state index contributed by atoms with van der Waals surface area (Å²) in [6, 6.07) is 8.75. The number of thioether (sulfide) groups is 1. The molecular formula is C17H27NO2S. The third-order valence-corrected chi connectivity index (χ3v) is 4.83. The number of ether oxygens (including phenoxy) is 2. The van der Waals surface area contributed by atoms with Crippen molar-refractivity contribution in [3.63, 3.8) is 0 Å². The zero-order valence-electron chi connectivity index (χ0n) is 13.4. The van der Waals surface area contributed by atoms with Crippen LogP contribution in [0.2, 0.25) is 0 Å². The molecule has 1 fully saturated rings. The van der Waals surface area contributed by atoms with Gasteiger partial charge < -0.3 is 14.8 Å². The van der Waals surface area contributed by atoms with Crippen molar-refractivity contribution in [1.29, 1.82) is 0 Å². The number of hydrogen-bond acceptors (Lipinski definition) is 4. The molecule has 0 radical (unpaired) electrons. The van der Waals surface area contributed by atoms with E-state index in [2.05, 4.69) is 43.4 Å². The summed E-state index contributed by atoms with van der Waals surface area (Å²) in [5, 5.41) is 3.38. The topological polar surface area (TPSA) is 30.5 Å². The number of hydrogen-bond donors (Lipinski definition) is 1. The highest BCUT2D eigenvalue weighted by atomic mass is 32.2. The van der Waals surface area contributed by atoms with Crippen molar-refractivity contribution >= 4 is 11.8 Å². The highest BCUT2D eigenvalue weighted by molar-refractivity contribution is 7.99. The summed E-state index contributed by atoms with van der Waals surface area (Å²) in [6.07, 6.45) is 2.74. The molecule has 0 aromatic heterocycles. The van der Waals surface area contributed by atoms with Crippen LogP contribution in [0, 0.1) is 0 Å². The third kappa shape index (κ3) is 5.99. The van der Waals surface area contributed by atoms with Gasteiger partial charge in [-0.15, -0.1) is 11.8 Å². The second kappa shape index (κ2) is 8.18. The largest absolute Gasteiger partial charge is 0.383 e. The van der Waals surface area contributed by atoms with Crippen LogP contribution in [0.25, 0.3) is 0 Å². The van der Waals surface area contributed by atoms with Crippen LogP contribution in [0.1, 0.15) is 32.3 Å². The third-order valence-electron chi connectivity index (χ3n) is 3.70. The monoisotopic (exact) mass is 309 g/mol. The van der Waals surface area contributed by atoms with Gasteiger partial charge in [0.25, 0.3) is 0 Å². The lowest BCUT2D eigenvalue weighted by Gasteiger charge is -2.19. The standard InChI is InChI=1S/C17H27NO2S/c1-17(2)8-7-15(20-17)13-21-16-6-4-5-14(11-16)12-18-9-10-19-3/h4-6,11,15,18H,7-10,12-13H2,1-3H3. The molecule has 0 saturated carbocycles. The molecule has 1 N–H and O–H groups in total. The molecule has 0 bridgehead atoms. The average Bonchev–Trinajstić information content (AvgIpc) is 2.81. The van der Waals surface area contributed by atoms with Gasteiger partial charge >= 0.3 is 0 Å². The summed E-state index contributed by atoms with van der Waals surface area (Å²) in [4.78, 5) is 1.33. The number of methoxy groups -OCH3 is 1. The molecular weight excluding hydrogens is 282 g/mol. The first-order valence-electron chi connectivity index (χ1n) is 7.68. The van der Waals surface area contributed by atoms with Crippen molar-refractivity contribution in [3.05, 3.63) is 29.8 Å². The van der Waals surface area contributed by atoms with E-state index in [1.807, 2.05) is 11.8 Å². The fourth-order valence-corrected chi connectivity index (χ4v) is 3.56. The van der Waals surface area contributed by atoms with Crippen LogP contribution in [0.3, 0.4) is 0 Å². The molecule has 2 rings (SSSR count). The maximum atomic E-state index is 6.05. The SMILES string of the molecule is COCCNCc1cccc(SCC2CCC(C)(C)O2)c1. The van der Waals surface area contributed by atoms with Crippen molar-refractivity contribution < 1.29 is 9.47 Å². The van der Waals surface area contributed by atoms with Crippen LogP contribution in [-0.4, -0.2) is 37.7 Å². The van der Waals surface area contributed by atoms with E-state index >= 15 is 0 Å². The molecule has 0 aliphatic carbocycles. The lowest BCUT2D eigenvalue weighted by molar-refractivity contribution is -0.00466. The fraction of sp³-hybridized carbons (Fsp3) is 0.647. The summed E-state index contributed by atoms with van der Waals surface area (Å²) in [5.74, 6) is 1.05. The maximum absolute atomic E-state index is 6.05. The van der Waals surface area contributed by atoms with E-state index in [0.717, 1.165) is 25.4 Å². The minimum absolute atomic E-state index is 0.0678. The van der Waals surface area contributed by atoms with Gasteiger partial charge in [0.2, 0.25) is 0 Å². The Morgan fingerprint density at radius 1 is 1.43 bits per heavy atom. The van der Waals surface area contributed by atoms with Crippen LogP contribution < -0.4 is 5.32 Å². The Morgan fingerprint density at radius 3 is 3.00 bits per heavy atom. The van der Waals surface area contributed by atoms with E-state index in [4.69, 9.17) is 9.47 Å². The molecule has 1 unspecified atom stereocenters. The van der Waals surface area contributed by atoms with E-state index < -0.39 is 0 Å². The van der Waals surface area contributed by atoms with Gasteiger partial charge in [0.05, 0.1) is 18.3 Å². The second-order valence-corrected chi connectivity index (χ2v) is 7.26. The zero-order chi connectivity index (χ0) is 15.1. The number of nitrogens with one attached hydrogen (secondary N) is 1. The molecule has 0 spiro atoms. The second-order valence-electron chi connectivity index (χ2n) is 6.17. The molecule has 1 saturated heterocycles. The molecule has 1 aromatic carbocycles. The lowest BCUT2D eigenvalue weighted by Crippen LogP contribution is -2.21. The molecule has 1 aliphatic rings. The van der Waals surface area contributed by atoms with Gasteiger partial charge in [-0.3, -0.25) is 0 Å². The molecule has 1 heterocycles. The van der Waals surface area contributed by atoms with Crippen molar-refractivity contribution in [2.75, 3.05) is 26.0 Å². The van der Waals surface area contributed by atoms with Crippen LogP contribution in [0.15, 0.2) is 29.2 Å². The molecule has 3 nitrogen and oxygen atoms in total. The van der Waals surface area contributed by atoms with Gasteiger partial charge in [-0.25, -0.2) is 0 Å². The van der Waals surface area contributed by atoms with Gasteiger partial charge in [0.1, 0.15) is 0 Å². The van der Waals surface area contributed by atoms with Crippen molar-refractivity contribution in [2.24, 2.45) is 0 Å². The van der Waals surface area contributed by atoms with Crippen molar-refractivity contribution in [3.8, 4) is 0 Å². The fourth-order valence-electron chi connectivity index (χ4n) is 2.54. The van der Waals surface area contributed by atoms with Gasteiger partial charge in [-0.1, -0.05) is 12.1 Å². The highest BCUT2D eigenvalue weighted by Gasteiger charge is 2.31. The number of rotatable bonds is 8. The van der Waals surface area contributed by atoms with E-state index in [1.54, 1.807) is 7.11 Å². The van der Waals surface area contributed by atoms with Gasteiger partial charge in [-0.05, 0) is 44.4 Å². The van der Waals surface area contributed by atoms with Crippen LogP contribution in [0.5, 0.6) is 0 Å². The quantitative estimate of drug-likeness (QED) is 0.588. The summed E-state index contributed by atoms with van der Waals surface area (Å²) < 4.78 is 11.1. The average molecular weight is 309 g/mol. The van der Waals surface area contributed by atoms with Crippen LogP contribution in [-0.2, 0) is 16.0 Å². The summed E-state index contributed by atoms with van der Waals surface area (Å²) in [5.41, 5.74) is 1.39. The van der Waals surface area contributed by atoms with E-state index in [0.29, 0.717) is 6.10 Å². The normalized spacial score (nSPS) is 20.8. The Balaban J connectivity index is 1.76. The van der Waals surface area contributed by atoms with Gasteiger partial charge in [0, 0.05) is 30.8 Å². The molecule has 0 amide bonds. The van der Waals surface area contributed by atoms with Crippen LogP contribution >= 0.6 is 11.8 Å². The first-order chi connectivity index (χ1) is 10.1. The van der Waals surface area contributed by atoms with E-state index in [9.17, 15) is 0 Å². The van der Waals surface area contributed by atoms with Crippen molar-refractivity contribution in [1.82, 2.24) is 5.32 Å². The van der Waals surface area contributed by atoms with Crippen molar-refractivity contribution in [2.45, 2.75) is 49.8 Å². The van der Waals surface area contributed by atoms with Crippen LogP contribution in [0.4, 0.5) is 0 Å². The smallest absolute Gasteiger partial charge is 0.0677 e. The minimum atomic E-state index is 0.0678. The molecule has 1 aliphatic heterocycles. The Hall–Kier alpha value is -0.550. The predicted molar refractivity (Wildman–Crippen MR) is 88.9 cm³/mol. The van der Waals surface area contributed by atoms with Gasteiger partial charge in [-0.2, -0.15) is 0 Å². The minimum Gasteiger partial charge on any atom is -0.383 e. The Morgan fingerprint density at radius 2 is 2.29 bits per heavy atom. The molecule has 4 heteroatoms. The van der Waals surface area contributed by atoms with E-state index in [1.165, 1.54) is 23.3 Å². The molecule has 118 valence electrons. The predicted octanol–water partition coefficient (Wildman–Crippen LogP) is 3.47. The summed E-state index contributed by atoms with van der Waals surface area (Å²) in [6.45, 7) is 6.90. The molecule has 21 heavy (non-hydrogen) atoms. The molecule has 1 atom stereocenters. The first kappa shape index (κ1) is 16.8. The lowest BCUT2D eigenvalue weighted by atomic mass is 10.1. The Labute approximate surface area is 132 Å².